The van der Waals surface area contributed by atoms with E-state index >= 15 is 0 Å². The summed E-state index contributed by atoms with van der Waals surface area (Å²) in [5.74, 6) is 1.96. The number of carbonyl (C=O) groups excluding carboxylic acids is 1. The average molecular weight is 313 g/mol. The summed E-state index contributed by atoms with van der Waals surface area (Å²) in [5, 5.41) is 6.09. The van der Waals surface area contributed by atoms with Crippen molar-refractivity contribution in [2.75, 3.05) is 17.7 Å². The first-order chi connectivity index (χ1) is 11.1. The molecular formula is C18H23N3O2. The maximum absolute atomic E-state index is 11.7. The smallest absolute Gasteiger partial charge is 0.224 e. The summed E-state index contributed by atoms with van der Waals surface area (Å²) in [4.78, 5) is 16.0. The predicted molar refractivity (Wildman–Crippen MR) is 92.6 cm³/mol. The van der Waals surface area contributed by atoms with Gasteiger partial charge < -0.3 is 15.4 Å². The van der Waals surface area contributed by atoms with Crippen molar-refractivity contribution in [2.45, 2.75) is 26.8 Å². The minimum absolute atomic E-state index is 0.0146. The van der Waals surface area contributed by atoms with Gasteiger partial charge in [-0.25, -0.2) is 4.98 Å². The van der Waals surface area contributed by atoms with Gasteiger partial charge in [0, 0.05) is 13.0 Å². The molecule has 0 aliphatic heterocycles. The fourth-order valence-corrected chi connectivity index (χ4v) is 2.09. The van der Waals surface area contributed by atoms with Crippen molar-refractivity contribution in [1.29, 1.82) is 0 Å². The van der Waals surface area contributed by atoms with Gasteiger partial charge in [-0.15, -0.1) is 0 Å². The minimum atomic E-state index is 0.0146. The Morgan fingerprint density at radius 1 is 1.17 bits per heavy atom. The maximum Gasteiger partial charge on any atom is 0.224 e. The summed E-state index contributed by atoms with van der Waals surface area (Å²) in [7, 11) is 1.65. The van der Waals surface area contributed by atoms with Crippen LogP contribution in [0.15, 0.2) is 42.6 Å². The van der Waals surface area contributed by atoms with Crippen LogP contribution < -0.4 is 15.4 Å². The van der Waals surface area contributed by atoms with Crippen LogP contribution in [-0.2, 0) is 11.3 Å². The number of nitrogens with one attached hydrogen (secondary N) is 2. The molecule has 0 fully saturated rings. The Kier molecular flexibility index (Phi) is 5.97. The Balaban J connectivity index is 1.85. The van der Waals surface area contributed by atoms with Gasteiger partial charge in [-0.1, -0.05) is 26.0 Å². The fourth-order valence-electron chi connectivity index (χ4n) is 2.09. The van der Waals surface area contributed by atoms with Crippen molar-refractivity contribution < 1.29 is 9.53 Å². The van der Waals surface area contributed by atoms with Gasteiger partial charge in [0.2, 0.25) is 5.91 Å². The van der Waals surface area contributed by atoms with E-state index in [0.29, 0.717) is 24.6 Å². The highest BCUT2D eigenvalue weighted by atomic mass is 16.5. The number of rotatable bonds is 7. The Bertz CT molecular complexity index is 622. The van der Waals surface area contributed by atoms with E-state index in [-0.39, 0.29) is 5.91 Å². The second-order valence-corrected chi connectivity index (χ2v) is 5.78. The average Bonchev–Trinajstić information content (AvgIpc) is 2.54. The van der Waals surface area contributed by atoms with Crippen LogP contribution in [0.2, 0.25) is 0 Å². The van der Waals surface area contributed by atoms with Gasteiger partial charge in [-0.05, 0) is 35.7 Å². The van der Waals surface area contributed by atoms with Crippen LogP contribution >= 0.6 is 0 Å². The predicted octanol–water partition coefficient (Wildman–Crippen LogP) is 3.69. The number of methoxy groups -OCH3 is 1. The topological polar surface area (TPSA) is 63.2 Å². The molecule has 23 heavy (non-hydrogen) atoms. The van der Waals surface area contributed by atoms with Crippen molar-refractivity contribution in [1.82, 2.24) is 4.98 Å². The minimum Gasteiger partial charge on any atom is -0.497 e. The van der Waals surface area contributed by atoms with E-state index < -0.39 is 0 Å². The van der Waals surface area contributed by atoms with Crippen LogP contribution in [0, 0.1) is 5.92 Å². The van der Waals surface area contributed by atoms with Gasteiger partial charge in [0.05, 0.1) is 19.0 Å². The molecule has 5 heteroatoms. The molecule has 0 saturated heterocycles. The Labute approximate surface area is 137 Å². The first-order valence-corrected chi connectivity index (χ1v) is 7.69. The second-order valence-electron chi connectivity index (χ2n) is 5.78. The fraction of sp³-hybridized carbons (Fsp3) is 0.333. The molecule has 1 amide bonds. The Morgan fingerprint density at radius 2 is 1.91 bits per heavy atom. The molecule has 2 rings (SSSR count). The zero-order chi connectivity index (χ0) is 16.7. The number of ether oxygens (including phenoxy) is 1. The summed E-state index contributed by atoms with van der Waals surface area (Å²) < 4.78 is 5.13. The molecule has 0 bridgehead atoms. The highest BCUT2D eigenvalue weighted by Gasteiger charge is 2.05. The molecule has 1 heterocycles. The lowest BCUT2D eigenvalue weighted by Gasteiger charge is -2.09. The van der Waals surface area contributed by atoms with Crippen LogP contribution in [-0.4, -0.2) is 18.0 Å². The molecule has 5 nitrogen and oxygen atoms in total. The molecule has 0 aliphatic rings. The number of benzene rings is 1. The third-order valence-corrected chi connectivity index (χ3v) is 3.27. The number of nitrogens with zero attached hydrogens (tertiary/aromatic N) is 1. The second kappa shape index (κ2) is 8.17. The molecule has 2 N–H and O–H groups in total. The van der Waals surface area contributed by atoms with Gasteiger partial charge in [0.25, 0.3) is 0 Å². The monoisotopic (exact) mass is 313 g/mol. The molecule has 0 spiro atoms. The third-order valence-electron chi connectivity index (χ3n) is 3.27. The molecule has 0 unspecified atom stereocenters. The lowest BCUT2D eigenvalue weighted by Crippen LogP contribution is -2.14. The van der Waals surface area contributed by atoms with Gasteiger partial charge in [0.1, 0.15) is 11.6 Å². The van der Waals surface area contributed by atoms with Gasteiger partial charge in [0.15, 0.2) is 0 Å². The highest BCUT2D eigenvalue weighted by molar-refractivity contribution is 5.90. The molecule has 0 radical (unpaired) electrons. The maximum atomic E-state index is 11.7. The quantitative estimate of drug-likeness (QED) is 0.818. The largest absolute Gasteiger partial charge is 0.497 e. The lowest BCUT2D eigenvalue weighted by molar-refractivity contribution is -0.116. The zero-order valence-electron chi connectivity index (χ0n) is 13.8. The molecule has 0 aliphatic carbocycles. The van der Waals surface area contributed by atoms with E-state index in [9.17, 15) is 4.79 Å². The number of pyridine rings is 1. The summed E-state index contributed by atoms with van der Waals surface area (Å²) in [6.07, 6.45) is 2.17. The number of carbonyl (C=O) groups is 1. The number of amides is 1. The Morgan fingerprint density at radius 3 is 2.48 bits per heavy atom. The first-order valence-electron chi connectivity index (χ1n) is 7.69. The van der Waals surface area contributed by atoms with Gasteiger partial charge in [-0.3, -0.25) is 4.79 Å². The number of hydrogen-bond acceptors (Lipinski definition) is 4. The standard InChI is InChI=1S/C18H23N3O2/c1-13(2)10-18(22)21-15-6-9-17(20-12-15)19-11-14-4-7-16(23-3)8-5-14/h4-9,12-13H,10-11H2,1-3H3,(H,19,20)(H,21,22). The number of aromatic nitrogens is 1. The molecule has 1 aromatic heterocycles. The zero-order valence-corrected chi connectivity index (χ0v) is 13.8. The van der Waals surface area contributed by atoms with E-state index in [0.717, 1.165) is 17.1 Å². The summed E-state index contributed by atoms with van der Waals surface area (Å²) >= 11 is 0. The van der Waals surface area contributed by atoms with Crippen LogP contribution in [0.1, 0.15) is 25.8 Å². The van der Waals surface area contributed by atoms with Crippen LogP contribution in [0.3, 0.4) is 0 Å². The molecule has 0 atom stereocenters. The van der Waals surface area contributed by atoms with Crippen molar-refractivity contribution in [3.8, 4) is 5.75 Å². The van der Waals surface area contributed by atoms with Crippen LogP contribution in [0.5, 0.6) is 5.75 Å². The van der Waals surface area contributed by atoms with E-state index in [4.69, 9.17) is 4.74 Å². The van der Waals surface area contributed by atoms with E-state index in [1.54, 1.807) is 13.3 Å². The molecule has 122 valence electrons. The van der Waals surface area contributed by atoms with Crippen LogP contribution in [0.4, 0.5) is 11.5 Å². The molecular weight excluding hydrogens is 290 g/mol. The van der Waals surface area contributed by atoms with E-state index in [1.165, 1.54) is 0 Å². The SMILES string of the molecule is COc1ccc(CNc2ccc(NC(=O)CC(C)C)cn2)cc1. The first kappa shape index (κ1) is 16.8. The van der Waals surface area contributed by atoms with E-state index in [2.05, 4.69) is 15.6 Å². The van der Waals surface area contributed by atoms with Gasteiger partial charge >= 0.3 is 0 Å². The summed E-state index contributed by atoms with van der Waals surface area (Å²) in [5.41, 5.74) is 1.85. The molecule has 0 saturated carbocycles. The lowest BCUT2D eigenvalue weighted by atomic mass is 10.1. The van der Waals surface area contributed by atoms with Crippen molar-refractivity contribution in [3.63, 3.8) is 0 Å². The summed E-state index contributed by atoms with van der Waals surface area (Å²) in [6.45, 7) is 4.71. The highest BCUT2D eigenvalue weighted by Crippen LogP contribution is 2.14. The Hall–Kier alpha value is -2.56. The van der Waals surface area contributed by atoms with Crippen molar-refractivity contribution >= 4 is 17.4 Å². The number of anilines is 2. The number of hydrogen-bond donors (Lipinski definition) is 2. The van der Waals surface area contributed by atoms with Gasteiger partial charge in [-0.2, -0.15) is 0 Å². The molecule has 1 aromatic carbocycles. The normalized spacial score (nSPS) is 10.4. The molecule has 2 aromatic rings. The van der Waals surface area contributed by atoms with Crippen molar-refractivity contribution in [2.24, 2.45) is 5.92 Å². The third kappa shape index (κ3) is 5.62. The van der Waals surface area contributed by atoms with E-state index in [1.807, 2.05) is 50.2 Å². The summed E-state index contributed by atoms with van der Waals surface area (Å²) in [6, 6.07) is 11.6. The van der Waals surface area contributed by atoms with Crippen molar-refractivity contribution in [3.05, 3.63) is 48.2 Å². The van der Waals surface area contributed by atoms with Crippen LogP contribution in [0.25, 0.3) is 0 Å².